The molecule has 0 heterocycles. The average molecular weight is 189 g/mol. The van der Waals surface area contributed by atoms with Gasteiger partial charge in [0.2, 0.25) is 0 Å². The molecule has 1 aromatic rings. The van der Waals surface area contributed by atoms with Gasteiger partial charge in [0.05, 0.1) is 0 Å². The molecule has 0 aromatic heterocycles. The number of allylic oxidation sites excluding steroid dienone is 1. The van der Waals surface area contributed by atoms with Crippen LogP contribution in [0.1, 0.15) is 37.3 Å². The van der Waals surface area contributed by atoms with Crippen LogP contribution in [-0.2, 0) is 6.42 Å². The number of rotatable bonds is 4. The van der Waals surface area contributed by atoms with Crippen LogP contribution >= 0.6 is 0 Å². The van der Waals surface area contributed by atoms with Crippen LogP contribution in [0.4, 0.5) is 5.69 Å². The molecule has 1 rings (SSSR count). The molecule has 1 aromatic carbocycles. The van der Waals surface area contributed by atoms with Crippen molar-refractivity contribution in [1.29, 1.82) is 0 Å². The molecule has 0 saturated carbocycles. The maximum absolute atomic E-state index is 5.99. The monoisotopic (exact) mass is 189 g/mol. The van der Waals surface area contributed by atoms with E-state index in [4.69, 9.17) is 5.73 Å². The minimum atomic E-state index is 0.549. The van der Waals surface area contributed by atoms with E-state index < -0.39 is 0 Å². The highest BCUT2D eigenvalue weighted by atomic mass is 14.6. The minimum Gasteiger partial charge on any atom is -0.398 e. The maximum Gasteiger partial charge on any atom is 0.0352 e. The third-order valence-electron chi connectivity index (χ3n) is 2.67. The number of benzene rings is 1. The largest absolute Gasteiger partial charge is 0.398 e. The Labute approximate surface area is 86.6 Å². The SMILES string of the molecule is C=CCc1ccc(C(C)CC)c(N)c1. The van der Waals surface area contributed by atoms with E-state index >= 15 is 0 Å². The van der Waals surface area contributed by atoms with Crippen LogP contribution in [0.2, 0.25) is 0 Å². The summed E-state index contributed by atoms with van der Waals surface area (Å²) >= 11 is 0. The van der Waals surface area contributed by atoms with E-state index in [0.717, 1.165) is 18.5 Å². The first-order valence-electron chi connectivity index (χ1n) is 5.18. The topological polar surface area (TPSA) is 26.0 Å². The van der Waals surface area contributed by atoms with Gasteiger partial charge in [0.15, 0.2) is 0 Å². The van der Waals surface area contributed by atoms with E-state index in [1.165, 1.54) is 11.1 Å². The molecule has 76 valence electrons. The molecule has 0 aliphatic rings. The van der Waals surface area contributed by atoms with Crippen molar-refractivity contribution < 1.29 is 0 Å². The van der Waals surface area contributed by atoms with Crippen LogP contribution in [0.3, 0.4) is 0 Å². The highest BCUT2D eigenvalue weighted by Gasteiger charge is 2.06. The van der Waals surface area contributed by atoms with E-state index in [1.807, 2.05) is 6.08 Å². The van der Waals surface area contributed by atoms with Crippen molar-refractivity contribution >= 4 is 5.69 Å². The molecule has 0 fully saturated rings. The van der Waals surface area contributed by atoms with Gasteiger partial charge in [-0.1, -0.05) is 32.1 Å². The molecule has 0 bridgehead atoms. The number of anilines is 1. The summed E-state index contributed by atoms with van der Waals surface area (Å²) in [5, 5.41) is 0. The Morgan fingerprint density at radius 1 is 1.50 bits per heavy atom. The Morgan fingerprint density at radius 3 is 2.71 bits per heavy atom. The first-order valence-corrected chi connectivity index (χ1v) is 5.18. The lowest BCUT2D eigenvalue weighted by Crippen LogP contribution is -1.99. The molecule has 0 amide bonds. The van der Waals surface area contributed by atoms with E-state index in [-0.39, 0.29) is 0 Å². The lowest BCUT2D eigenvalue weighted by Gasteiger charge is -2.12. The summed E-state index contributed by atoms with van der Waals surface area (Å²) in [7, 11) is 0. The molecule has 1 nitrogen and oxygen atoms in total. The third kappa shape index (κ3) is 2.38. The summed E-state index contributed by atoms with van der Waals surface area (Å²) in [5.41, 5.74) is 9.41. The molecular weight excluding hydrogens is 170 g/mol. The average Bonchev–Trinajstić information content (AvgIpc) is 2.17. The predicted molar refractivity (Wildman–Crippen MR) is 63.5 cm³/mol. The van der Waals surface area contributed by atoms with Crippen molar-refractivity contribution in [1.82, 2.24) is 0 Å². The van der Waals surface area contributed by atoms with Gasteiger partial charge in [0.25, 0.3) is 0 Å². The fraction of sp³-hybridized carbons (Fsp3) is 0.385. The van der Waals surface area contributed by atoms with Crippen LogP contribution in [0.25, 0.3) is 0 Å². The fourth-order valence-electron chi connectivity index (χ4n) is 1.59. The number of nitrogens with two attached hydrogens (primary N) is 1. The van der Waals surface area contributed by atoms with Crippen molar-refractivity contribution in [3.05, 3.63) is 42.0 Å². The fourth-order valence-corrected chi connectivity index (χ4v) is 1.59. The highest BCUT2D eigenvalue weighted by Crippen LogP contribution is 2.25. The van der Waals surface area contributed by atoms with E-state index in [0.29, 0.717) is 5.92 Å². The second-order valence-corrected chi connectivity index (χ2v) is 3.77. The zero-order valence-corrected chi connectivity index (χ0v) is 9.09. The summed E-state index contributed by atoms with van der Waals surface area (Å²) in [5.74, 6) is 0.549. The van der Waals surface area contributed by atoms with Crippen molar-refractivity contribution in [2.75, 3.05) is 5.73 Å². The standard InChI is InChI=1S/C13H19N/c1-4-6-11-7-8-12(10(3)5-2)13(14)9-11/h4,7-10H,1,5-6,14H2,2-3H3. The molecule has 0 aliphatic heterocycles. The lowest BCUT2D eigenvalue weighted by atomic mass is 9.95. The molecule has 2 N–H and O–H groups in total. The summed E-state index contributed by atoms with van der Waals surface area (Å²) in [6.45, 7) is 8.11. The summed E-state index contributed by atoms with van der Waals surface area (Å²) in [6, 6.07) is 6.34. The van der Waals surface area contributed by atoms with Crippen molar-refractivity contribution in [3.8, 4) is 0 Å². The van der Waals surface area contributed by atoms with Crippen molar-refractivity contribution in [3.63, 3.8) is 0 Å². The van der Waals surface area contributed by atoms with Gasteiger partial charge in [-0.2, -0.15) is 0 Å². The first kappa shape index (κ1) is 10.8. The first-order chi connectivity index (χ1) is 6.69. The Morgan fingerprint density at radius 2 is 2.21 bits per heavy atom. The Kier molecular flexibility index (Phi) is 3.75. The molecule has 1 unspecified atom stereocenters. The molecule has 1 atom stereocenters. The van der Waals surface area contributed by atoms with Crippen LogP contribution < -0.4 is 5.73 Å². The van der Waals surface area contributed by atoms with Crippen LogP contribution in [0.5, 0.6) is 0 Å². The second-order valence-electron chi connectivity index (χ2n) is 3.77. The molecule has 0 spiro atoms. The van der Waals surface area contributed by atoms with E-state index in [9.17, 15) is 0 Å². The molecule has 0 radical (unpaired) electrons. The summed E-state index contributed by atoms with van der Waals surface area (Å²) in [4.78, 5) is 0. The second kappa shape index (κ2) is 4.85. The summed E-state index contributed by atoms with van der Waals surface area (Å²) < 4.78 is 0. The van der Waals surface area contributed by atoms with Crippen LogP contribution in [-0.4, -0.2) is 0 Å². The lowest BCUT2D eigenvalue weighted by molar-refractivity contribution is 0.735. The normalized spacial score (nSPS) is 12.4. The molecule has 0 saturated heterocycles. The van der Waals surface area contributed by atoms with Gasteiger partial charge in [-0.25, -0.2) is 0 Å². The maximum atomic E-state index is 5.99. The zero-order chi connectivity index (χ0) is 10.6. The van der Waals surface area contributed by atoms with Gasteiger partial charge in [-0.3, -0.25) is 0 Å². The van der Waals surface area contributed by atoms with Crippen molar-refractivity contribution in [2.24, 2.45) is 0 Å². The Balaban J connectivity index is 2.94. The Hall–Kier alpha value is -1.24. The number of hydrogen-bond acceptors (Lipinski definition) is 1. The zero-order valence-electron chi connectivity index (χ0n) is 9.09. The van der Waals surface area contributed by atoms with Gasteiger partial charge >= 0.3 is 0 Å². The minimum absolute atomic E-state index is 0.549. The van der Waals surface area contributed by atoms with Gasteiger partial charge < -0.3 is 5.73 Å². The predicted octanol–water partition coefficient (Wildman–Crippen LogP) is 3.51. The molecule has 14 heavy (non-hydrogen) atoms. The van der Waals surface area contributed by atoms with Gasteiger partial charge in [0.1, 0.15) is 0 Å². The summed E-state index contributed by atoms with van der Waals surface area (Å²) in [6.07, 6.45) is 3.92. The molecule has 0 aliphatic carbocycles. The number of nitrogen functional groups attached to an aromatic ring is 1. The quantitative estimate of drug-likeness (QED) is 0.569. The molecule has 1 heteroatoms. The number of hydrogen-bond donors (Lipinski definition) is 1. The molecular formula is C13H19N. The van der Waals surface area contributed by atoms with Gasteiger partial charge in [-0.05, 0) is 36.0 Å². The van der Waals surface area contributed by atoms with Crippen LogP contribution in [0, 0.1) is 0 Å². The van der Waals surface area contributed by atoms with Crippen molar-refractivity contribution in [2.45, 2.75) is 32.6 Å². The highest BCUT2D eigenvalue weighted by molar-refractivity contribution is 5.51. The van der Waals surface area contributed by atoms with Crippen LogP contribution in [0.15, 0.2) is 30.9 Å². The van der Waals surface area contributed by atoms with Gasteiger partial charge in [0, 0.05) is 5.69 Å². The van der Waals surface area contributed by atoms with E-state index in [1.54, 1.807) is 0 Å². The Bertz CT molecular complexity index is 315. The smallest absolute Gasteiger partial charge is 0.0352 e. The van der Waals surface area contributed by atoms with E-state index in [2.05, 4.69) is 38.6 Å². The third-order valence-corrected chi connectivity index (χ3v) is 2.67. The van der Waals surface area contributed by atoms with Gasteiger partial charge in [-0.15, -0.1) is 6.58 Å².